The third-order valence-corrected chi connectivity index (χ3v) is 8.26. The molecule has 0 N–H and O–H groups in total. The number of thiocarbonyl (C=S) groups is 1. The monoisotopic (exact) mass is 536 g/mol. The van der Waals surface area contributed by atoms with Crippen molar-refractivity contribution in [3.63, 3.8) is 0 Å². The van der Waals surface area contributed by atoms with Crippen LogP contribution in [0.3, 0.4) is 0 Å². The Morgan fingerprint density at radius 2 is 1.86 bits per heavy atom. The fourth-order valence-corrected chi connectivity index (χ4v) is 6.03. The minimum atomic E-state index is -0.252. The molecule has 2 aliphatic heterocycles. The van der Waals surface area contributed by atoms with Gasteiger partial charge in [-0.2, -0.15) is 5.26 Å². The molecule has 2 fully saturated rings. The molecule has 194 valence electrons. The SMILES string of the molecule is CCCCn1c(N2CCCCC2)c(/C=C2/SC(=S)N(Cc3ccc(OC)cc3)C2=O)c(C)c(C#N)c1=O. The lowest BCUT2D eigenvalue weighted by molar-refractivity contribution is -0.122. The summed E-state index contributed by atoms with van der Waals surface area (Å²) < 4.78 is 7.47. The average molecular weight is 537 g/mol. The zero-order valence-electron chi connectivity index (χ0n) is 21.6. The van der Waals surface area contributed by atoms with Gasteiger partial charge >= 0.3 is 0 Å². The van der Waals surface area contributed by atoms with Crippen LogP contribution in [0.15, 0.2) is 34.0 Å². The Labute approximate surface area is 227 Å². The summed E-state index contributed by atoms with van der Waals surface area (Å²) in [4.78, 5) is 31.2. The van der Waals surface area contributed by atoms with Gasteiger partial charge in [-0.1, -0.05) is 49.5 Å². The lowest BCUT2D eigenvalue weighted by Gasteiger charge is -2.33. The molecule has 4 rings (SSSR count). The maximum Gasteiger partial charge on any atom is 0.270 e. The lowest BCUT2D eigenvalue weighted by Crippen LogP contribution is -2.37. The number of piperidine rings is 1. The van der Waals surface area contributed by atoms with E-state index in [0.29, 0.717) is 27.9 Å². The first-order valence-electron chi connectivity index (χ1n) is 12.7. The Bertz CT molecular complexity index is 1320. The number of unbranched alkanes of at least 4 members (excludes halogenated alkanes) is 1. The topological polar surface area (TPSA) is 78.6 Å². The van der Waals surface area contributed by atoms with E-state index < -0.39 is 0 Å². The fourth-order valence-electron chi connectivity index (χ4n) is 4.80. The number of ether oxygens (including phenoxy) is 1. The molecule has 2 saturated heterocycles. The van der Waals surface area contributed by atoms with Gasteiger partial charge in [-0.05, 0) is 61.9 Å². The zero-order chi connectivity index (χ0) is 26.5. The molecule has 2 aliphatic rings. The first-order valence-corrected chi connectivity index (χ1v) is 13.9. The average Bonchev–Trinajstić information content (AvgIpc) is 3.18. The van der Waals surface area contributed by atoms with Gasteiger partial charge in [-0.25, -0.2) is 0 Å². The molecule has 0 atom stereocenters. The van der Waals surface area contributed by atoms with Gasteiger partial charge in [0, 0.05) is 25.2 Å². The maximum atomic E-state index is 13.5. The van der Waals surface area contributed by atoms with Crippen LogP contribution in [0, 0.1) is 18.3 Å². The molecule has 3 heterocycles. The van der Waals surface area contributed by atoms with E-state index in [-0.39, 0.29) is 17.0 Å². The Balaban J connectivity index is 1.78. The highest BCUT2D eigenvalue weighted by atomic mass is 32.2. The number of nitriles is 1. The summed E-state index contributed by atoms with van der Waals surface area (Å²) in [5.74, 6) is 1.40. The minimum absolute atomic E-state index is 0.136. The van der Waals surface area contributed by atoms with Crippen molar-refractivity contribution in [2.24, 2.45) is 0 Å². The summed E-state index contributed by atoms with van der Waals surface area (Å²) in [5, 5.41) is 9.87. The van der Waals surface area contributed by atoms with E-state index in [1.807, 2.05) is 37.3 Å². The summed E-state index contributed by atoms with van der Waals surface area (Å²) in [6.07, 6.45) is 6.85. The van der Waals surface area contributed by atoms with E-state index in [1.165, 1.54) is 11.8 Å². The predicted octanol–water partition coefficient (Wildman–Crippen LogP) is 5.23. The van der Waals surface area contributed by atoms with Gasteiger partial charge in [0.2, 0.25) is 0 Å². The van der Waals surface area contributed by atoms with E-state index >= 15 is 0 Å². The van der Waals surface area contributed by atoms with Crippen molar-refractivity contribution in [1.82, 2.24) is 9.47 Å². The van der Waals surface area contributed by atoms with Crippen molar-refractivity contribution in [1.29, 1.82) is 5.26 Å². The van der Waals surface area contributed by atoms with E-state index in [9.17, 15) is 14.9 Å². The summed E-state index contributed by atoms with van der Waals surface area (Å²) in [7, 11) is 1.62. The van der Waals surface area contributed by atoms with Crippen LogP contribution >= 0.6 is 24.0 Å². The van der Waals surface area contributed by atoms with Crippen LogP contribution < -0.4 is 15.2 Å². The Morgan fingerprint density at radius 3 is 2.49 bits per heavy atom. The number of amides is 1. The number of carbonyl (C=O) groups excluding carboxylic acids is 1. The molecule has 0 saturated carbocycles. The van der Waals surface area contributed by atoms with Gasteiger partial charge in [0.1, 0.15) is 27.5 Å². The number of pyridine rings is 1. The summed E-state index contributed by atoms with van der Waals surface area (Å²) >= 11 is 6.85. The lowest BCUT2D eigenvalue weighted by atomic mass is 10.0. The highest BCUT2D eigenvalue weighted by Crippen LogP contribution is 2.37. The second-order valence-corrected chi connectivity index (χ2v) is 11.0. The molecule has 0 radical (unpaired) electrons. The number of aromatic nitrogens is 1. The van der Waals surface area contributed by atoms with Gasteiger partial charge in [0.15, 0.2) is 0 Å². The summed E-state index contributed by atoms with van der Waals surface area (Å²) in [6.45, 7) is 6.48. The van der Waals surface area contributed by atoms with Gasteiger partial charge in [-0.3, -0.25) is 19.1 Å². The normalized spacial score (nSPS) is 17.0. The van der Waals surface area contributed by atoms with Crippen molar-refractivity contribution in [3.05, 3.63) is 61.8 Å². The summed E-state index contributed by atoms with van der Waals surface area (Å²) in [6, 6.07) is 9.69. The van der Waals surface area contributed by atoms with Crippen molar-refractivity contribution in [3.8, 4) is 11.8 Å². The molecule has 0 bridgehead atoms. The molecule has 2 aromatic rings. The van der Waals surface area contributed by atoms with Crippen LogP contribution in [0.25, 0.3) is 6.08 Å². The second kappa shape index (κ2) is 12.0. The van der Waals surface area contributed by atoms with Gasteiger partial charge in [0.25, 0.3) is 11.5 Å². The molecule has 7 nitrogen and oxygen atoms in total. The van der Waals surface area contributed by atoms with Gasteiger partial charge in [-0.15, -0.1) is 0 Å². The van der Waals surface area contributed by atoms with Crippen LogP contribution in [-0.2, 0) is 17.9 Å². The standard InChI is InChI=1S/C28H32N4O3S2/c1-4-5-15-31-25(30-13-7-6-8-14-30)22(19(2)23(17-29)26(31)33)16-24-27(34)32(28(36)37-24)18-20-9-11-21(35-3)12-10-20/h9-12,16H,4-8,13-15,18H2,1-3H3/b24-16+. The quantitative estimate of drug-likeness (QED) is 0.338. The number of nitrogens with zero attached hydrogens (tertiary/aromatic N) is 4. The molecule has 1 aromatic carbocycles. The maximum absolute atomic E-state index is 13.5. The zero-order valence-corrected chi connectivity index (χ0v) is 23.2. The van der Waals surface area contributed by atoms with E-state index in [1.54, 1.807) is 16.6 Å². The first kappa shape index (κ1) is 27.0. The molecule has 0 aliphatic carbocycles. The van der Waals surface area contributed by atoms with Gasteiger partial charge in [0.05, 0.1) is 18.6 Å². The minimum Gasteiger partial charge on any atom is -0.497 e. The molecule has 0 spiro atoms. The largest absolute Gasteiger partial charge is 0.497 e. The number of hydrogen-bond donors (Lipinski definition) is 0. The van der Waals surface area contributed by atoms with Crippen LogP contribution in [0.5, 0.6) is 5.75 Å². The highest BCUT2D eigenvalue weighted by Gasteiger charge is 2.33. The summed E-state index contributed by atoms with van der Waals surface area (Å²) in [5.41, 5.74) is 2.21. The third kappa shape index (κ3) is 5.60. The Kier molecular flexibility index (Phi) is 8.72. The first-order chi connectivity index (χ1) is 17.9. The van der Waals surface area contributed by atoms with Crippen molar-refractivity contribution in [2.75, 3.05) is 25.1 Å². The van der Waals surface area contributed by atoms with Crippen LogP contribution in [0.2, 0.25) is 0 Å². The second-order valence-electron chi connectivity index (χ2n) is 9.32. The van der Waals surface area contributed by atoms with Gasteiger partial charge < -0.3 is 9.64 Å². The number of methoxy groups -OCH3 is 1. The number of anilines is 1. The number of carbonyl (C=O) groups is 1. The number of rotatable bonds is 8. The molecule has 37 heavy (non-hydrogen) atoms. The molecular formula is C28H32N4O3S2. The van der Waals surface area contributed by atoms with Crippen molar-refractivity contribution >= 4 is 46.1 Å². The predicted molar refractivity (Wildman–Crippen MR) is 153 cm³/mol. The molecule has 1 aromatic heterocycles. The molecular weight excluding hydrogens is 504 g/mol. The molecule has 1 amide bonds. The number of benzene rings is 1. The van der Waals surface area contributed by atoms with E-state index in [4.69, 9.17) is 17.0 Å². The molecule has 0 unspecified atom stereocenters. The number of thioether (sulfide) groups is 1. The Hall–Kier alpha value is -3.09. The smallest absolute Gasteiger partial charge is 0.270 e. The van der Waals surface area contributed by atoms with Crippen LogP contribution in [-0.4, -0.2) is 39.9 Å². The van der Waals surface area contributed by atoms with Crippen LogP contribution in [0.4, 0.5) is 5.82 Å². The van der Waals surface area contributed by atoms with Crippen molar-refractivity contribution in [2.45, 2.75) is 59.0 Å². The van der Waals surface area contributed by atoms with E-state index in [2.05, 4.69) is 17.9 Å². The third-order valence-electron chi connectivity index (χ3n) is 6.89. The fraction of sp³-hybridized carbons (Fsp3) is 0.429. The van der Waals surface area contributed by atoms with Crippen molar-refractivity contribution < 1.29 is 9.53 Å². The van der Waals surface area contributed by atoms with Crippen LogP contribution in [0.1, 0.15) is 61.3 Å². The van der Waals surface area contributed by atoms with E-state index in [0.717, 1.165) is 67.9 Å². The number of hydrogen-bond acceptors (Lipinski definition) is 7. The highest BCUT2D eigenvalue weighted by molar-refractivity contribution is 8.26. The molecule has 9 heteroatoms. The Morgan fingerprint density at radius 1 is 1.16 bits per heavy atom.